The van der Waals surface area contributed by atoms with E-state index in [1.54, 1.807) is 12.3 Å². The van der Waals surface area contributed by atoms with Crippen molar-refractivity contribution in [3.05, 3.63) is 65.9 Å². The van der Waals surface area contributed by atoms with Crippen molar-refractivity contribution in [3.63, 3.8) is 0 Å². The largest absolute Gasteiger partial charge is 0.493 e. The number of para-hydroxylation sites is 1. The Morgan fingerprint density at radius 3 is 2.33 bits per heavy atom. The van der Waals surface area contributed by atoms with E-state index >= 15 is 0 Å². The van der Waals surface area contributed by atoms with E-state index in [1.165, 1.54) is 39.5 Å². The summed E-state index contributed by atoms with van der Waals surface area (Å²) in [5.74, 6) is 0.0245. The molecule has 30 heavy (non-hydrogen) atoms. The molecular weight excluding hydrogens is 386 g/mol. The maximum atomic E-state index is 12.5. The highest BCUT2D eigenvalue weighted by Crippen LogP contribution is 2.38. The SMILES string of the molecule is COc1cc(C(=O)COC(=O)/C=C/c2cccc3cccnc23)cc(OC)c1OC. The number of fused-ring (bicyclic) bond motifs is 1. The number of benzene rings is 2. The lowest BCUT2D eigenvalue weighted by atomic mass is 10.1. The second-order valence-corrected chi connectivity index (χ2v) is 6.20. The molecule has 0 bridgehead atoms. The molecule has 0 radical (unpaired) electrons. The molecule has 3 rings (SSSR count). The highest BCUT2D eigenvalue weighted by Gasteiger charge is 2.17. The van der Waals surface area contributed by atoms with Crippen LogP contribution in [0.15, 0.2) is 54.7 Å². The Balaban J connectivity index is 1.69. The molecule has 0 aliphatic heterocycles. The van der Waals surface area contributed by atoms with Crippen LogP contribution in [0.2, 0.25) is 0 Å². The van der Waals surface area contributed by atoms with E-state index in [9.17, 15) is 9.59 Å². The summed E-state index contributed by atoms with van der Waals surface area (Å²) in [6.45, 7) is -0.421. The number of aromatic nitrogens is 1. The summed E-state index contributed by atoms with van der Waals surface area (Å²) in [6.07, 6.45) is 4.57. The number of methoxy groups -OCH3 is 3. The van der Waals surface area contributed by atoms with Gasteiger partial charge in [-0.15, -0.1) is 0 Å². The Morgan fingerprint density at radius 2 is 1.67 bits per heavy atom. The minimum absolute atomic E-state index is 0.277. The van der Waals surface area contributed by atoms with Crippen LogP contribution < -0.4 is 14.2 Å². The summed E-state index contributed by atoms with van der Waals surface area (Å²) in [5.41, 5.74) is 1.83. The van der Waals surface area contributed by atoms with Gasteiger partial charge < -0.3 is 18.9 Å². The number of Topliss-reactive ketones (excluding diaryl/α,β-unsaturated/α-hetero) is 1. The van der Waals surface area contributed by atoms with E-state index in [1.807, 2.05) is 30.3 Å². The number of pyridine rings is 1. The van der Waals surface area contributed by atoms with Crippen LogP contribution >= 0.6 is 0 Å². The molecule has 0 unspecified atom stereocenters. The van der Waals surface area contributed by atoms with Crippen molar-refractivity contribution >= 4 is 28.7 Å². The van der Waals surface area contributed by atoms with Gasteiger partial charge in [-0.2, -0.15) is 0 Å². The number of esters is 1. The summed E-state index contributed by atoms with van der Waals surface area (Å²) >= 11 is 0. The number of hydrogen-bond acceptors (Lipinski definition) is 7. The van der Waals surface area contributed by atoms with Gasteiger partial charge >= 0.3 is 5.97 Å². The van der Waals surface area contributed by atoms with E-state index in [0.29, 0.717) is 17.2 Å². The summed E-state index contributed by atoms with van der Waals surface area (Å²) in [4.78, 5) is 28.9. The number of ether oxygens (including phenoxy) is 4. The molecule has 0 saturated heterocycles. The van der Waals surface area contributed by atoms with Crippen molar-refractivity contribution in [2.45, 2.75) is 0 Å². The standard InChI is InChI=1S/C23H21NO6/c1-27-19-12-17(13-20(28-2)23(19)29-3)18(25)14-30-21(26)10-9-16-7-4-6-15-8-5-11-24-22(15)16/h4-13H,14H2,1-3H3/b10-9+. The maximum absolute atomic E-state index is 12.5. The minimum Gasteiger partial charge on any atom is -0.493 e. The molecule has 1 aromatic heterocycles. The molecule has 7 heteroatoms. The Bertz CT molecular complexity index is 1080. The molecule has 1 heterocycles. The highest BCUT2D eigenvalue weighted by molar-refractivity contribution is 6.00. The van der Waals surface area contributed by atoms with Gasteiger partial charge in [0.25, 0.3) is 0 Å². The number of rotatable bonds is 8. The van der Waals surface area contributed by atoms with Gasteiger partial charge in [0.05, 0.1) is 26.8 Å². The monoisotopic (exact) mass is 407 g/mol. The zero-order valence-electron chi connectivity index (χ0n) is 16.9. The zero-order chi connectivity index (χ0) is 21.5. The first-order chi connectivity index (χ1) is 14.6. The Morgan fingerprint density at radius 1 is 0.967 bits per heavy atom. The molecule has 0 saturated carbocycles. The fourth-order valence-electron chi connectivity index (χ4n) is 2.93. The van der Waals surface area contributed by atoms with Gasteiger partial charge in [0.15, 0.2) is 18.1 Å². The first-order valence-corrected chi connectivity index (χ1v) is 9.09. The average Bonchev–Trinajstić information content (AvgIpc) is 2.79. The van der Waals surface area contributed by atoms with Crippen LogP contribution in [-0.2, 0) is 9.53 Å². The van der Waals surface area contributed by atoms with Crippen LogP contribution in [0.5, 0.6) is 17.2 Å². The van der Waals surface area contributed by atoms with E-state index in [0.717, 1.165) is 16.5 Å². The van der Waals surface area contributed by atoms with Crippen molar-refractivity contribution in [1.29, 1.82) is 0 Å². The van der Waals surface area contributed by atoms with E-state index in [4.69, 9.17) is 18.9 Å². The maximum Gasteiger partial charge on any atom is 0.331 e. The van der Waals surface area contributed by atoms with Crippen LogP contribution in [0.1, 0.15) is 15.9 Å². The molecule has 2 aromatic carbocycles. The van der Waals surface area contributed by atoms with Gasteiger partial charge in [-0.05, 0) is 24.3 Å². The van der Waals surface area contributed by atoms with E-state index in [2.05, 4.69) is 4.98 Å². The van der Waals surface area contributed by atoms with E-state index < -0.39 is 18.4 Å². The first-order valence-electron chi connectivity index (χ1n) is 9.09. The number of ketones is 1. The average molecular weight is 407 g/mol. The Kier molecular flexibility index (Phi) is 6.64. The smallest absolute Gasteiger partial charge is 0.331 e. The number of hydrogen-bond donors (Lipinski definition) is 0. The molecule has 7 nitrogen and oxygen atoms in total. The molecule has 0 atom stereocenters. The van der Waals surface area contributed by atoms with Crippen LogP contribution in [-0.4, -0.2) is 44.7 Å². The molecule has 0 N–H and O–H groups in total. The molecule has 0 aliphatic rings. The number of carbonyl (C=O) groups excluding carboxylic acids is 2. The molecule has 0 aliphatic carbocycles. The fourth-order valence-corrected chi connectivity index (χ4v) is 2.93. The molecule has 0 fully saturated rings. The quantitative estimate of drug-likeness (QED) is 0.320. The van der Waals surface area contributed by atoms with Crippen LogP contribution in [0.3, 0.4) is 0 Å². The summed E-state index contributed by atoms with van der Waals surface area (Å²) in [6, 6.07) is 12.5. The van der Waals surface area contributed by atoms with Crippen molar-refractivity contribution in [2.75, 3.05) is 27.9 Å². The van der Waals surface area contributed by atoms with Gasteiger partial charge in [-0.1, -0.05) is 24.3 Å². The van der Waals surface area contributed by atoms with Gasteiger partial charge in [-0.3, -0.25) is 9.78 Å². The van der Waals surface area contributed by atoms with Gasteiger partial charge in [-0.25, -0.2) is 4.79 Å². The topological polar surface area (TPSA) is 84.0 Å². The third kappa shape index (κ3) is 4.57. The lowest BCUT2D eigenvalue weighted by molar-refractivity contribution is -0.136. The second kappa shape index (κ2) is 9.56. The zero-order valence-corrected chi connectivity index (χ0v) is 16.9. The van der Waals surface area contributed by atoms with Crippen molar-refractivity contribution in [2.24, 2.45) is 0 Å². The minimum atomic E-state index is -0.635. The number of carbonyl (C=O) groups is 2. The number of nitrogens with zero attached hydrogens (tertiary/aromatic N) is 1. The van der Waals surface area contributed by atoms with E-state index in [-0.39, 0.29) is 5.56 Å². The van der Waals surface area contributed by atoms with Crippen LogP contribution in [0, 0.1) is 0 Å². The summed E-state index contributed by atoms with van der Waals surface area (Å²) in [7, 11) is 4.39. The molecule has 0 amide bonds. The lowest BCUT2D eigenvalue weighted by Gasteiger charge is -2.13. The summed E-state index contributed by atoms with van der Waals surface area (Å²) in [5, 5.41) is 0.964. The van der Waals surface area contributed by atoms with Gasteiger partial charge in [0, 0.05) is 28.8 Å². The second-order valence-electron chi connectivity index (χ2n) is 6.20. The van der Waals surface area contributed by atoms with Gasteiger partial charge in [0.1, 0.15) is 0 Å². The Hall–Kier alpha value is -3.87. The van der Waals surface area contributed by atoms with Crippen LogP contribution in [0.25, 0.3) is 17.0 Å². The van der Waals surface area contributed by atoms with Crippen molar-refractivity contribution < 1.29 is 28.5 Å². The fraction of sp³-hybridized carbons (Fsp3) is 0.174. The highest BCUT2D eigenvalue weighted by atomic mass is 16.5. The lowest BCUT2D eigenvalue weighted by Crippen LogP contribution is -2.13. The molecule has 154 valence electrons. The Labute approximate surface area is 173 Å². The first kappa shape index (κ1) is 20.9. The molecule has 3 aromatic rings. The summed E-state index contributed by atoms with van der Waals surface area (Å²) < 4.78 is 20.8. The molecule has 0 spiro atoms. The normalized spacial score (nSPS) is 10.8. The third-order valence-electron chi connectivity index (χ3n) is 4.40. The van der Waals surface area contributed by atoms with Crippen molar-refractivity contribution in [3.8, 4) is 17.2 Å². The van der Waals surface area contributed by atoms with Crippen molar-refractivity contribution in [1.82, 2.24) is 4.98 Å². The predicted molar refractivity (Wildman–Crippen MR) is 112 cm³/mol. The third-order valence-corrected chi connectivity index (χ3v) is 4.40. The van der Waals surface area contributed by atoms with Crippen LogP contribution in [0.4, 0.5) is 0 Å². The van der Waals surface area contributed by atoms with Gasteiger partial charge in [0.2, 0.25) is 11.5 Å². The predicted octanol–water partition coefficient (Wildman–Crippen LogP) is 3.70. The molecular formula is C23H21NO6.